The Balaban J connectivity index is 0.988. The molecule has 2 aliphatic heterocycles. The summed E-state index contributed by atoms with van der Waals surface area (Å²) < 4.78 is 12.6. The van der Waals surface area contributed by atoms with Crippen LogP contribution in [0.2, 0.25) is 0 Å². The first-order valence-corrected chi connectivity index (χ1v) is 25.2. The summed E-state index contributed by atoms with van der Waals surface area (Å²) in [5.41, 5.74) is 0.180. The van der Waals surface area contributed by atoms with E-state index in [1.807, 2.05) is 30.3 Å². The van der Waals surface area contributed by atoms with E-state index in [-0.39, 0.29) is 81.7 Å². The minimum atomic E-state index is -2.05. The van der Waals surface area contributed by atoms with Crippen LogP contribution in [0.15, 0.2) is 41.2 Å². The third-order valence-electron chi connectivity index (χ3n) is 14.6. The van der Waals surface area contributed by atoms with Crippen LogP contribution in [0, 0.1) is 35.5 Å². The molecule has 0 saturated heterocycles. The van der Waals surface area contributed by atoms with Crippen molar-refractivity contribution < 1.29 is 77.8 Å². The van der Waals surface area contributed by atoms with Crippen LogP contribution in [-0.2, 0) is 76.2 Å². The fraction of sp³-hybridized carbons (Fsp3) is 0.538. The number of fused-ring (bicyclic) bond motifs is 5. The lowest BCUT2D eigenvalue weighted by Crippen LogP contribution is -2.49. The topological polar surface area (TPSA) is 364 Å². The Labute approximate surface area is 430 Å². The molecular weight excluding hydrogens is 981 g/mol. The van der Waals surface area contributed by atoms with Gasteiger partial charge in [0.25, 0.3) is 5.56 Å². The van der Waals surface area contributed by atoms with Gasteiger partial charge in [-0.15, -0.1) is 0 Å². The van der Waals surface area contributed by atoms with Crippen LogP contribution >= 0.6 is 0 Å². The standard InChI is InChI=1S/C52H64N6O17/c1-4-11-33(48(67)68)35(50(71)72)18-10-17-34(49(69)70)32(45(63)56-30-13-8-14-30)16-9-15-31(47(65)66)27(3)44(62)55-23-41(60)53-22-40(59)54-24-42(61)75-52(5-2)37-21-39-43-29(20-28-12-6-7-19-38(28)57-43)25-58(39)46(64)36(37)26-74-51(52)73/h6-7,12,19-21,27,30-35H,4-5,8-11,13-18,22-26H2,1-3H3,(H,53,60)(H,54,59)(H,55,62)(H,56,63)(H,65,66)(H,67,68)(H,69,70)(H,71,72)/p-4/t27?,31?,32?,33?,34?,35?,52-/m0/s1. The zero-order chi connectivity index (χ0) is 54.7. The predicted octanol–water partition coefficient (Wildman–Crippen LogP) is -2.49. The fourth-order valence-electron chi connectivity index (χ4n) is 10.1. The van der Waals surface area contributed by atoms with Gasteiger partial charge < -0.3 is 74.9 Å². The molecule has 1 aromatic carbocycles. The van der Waals surface area contributed by atoms with Gasteiger partial charge in [-0.3, -0.25) is 28.8 Å². The molecule has 23 heteroatoms. The third kappa shape index (κ3) is 13.2. The largest absolute Gasteiger partial charge is 0.550 e. The summed E-state index contributed by atoms with van der Waals surface area (Å²) in [6.07, 6.45) is 1.11. The lowest BCUT2D eigenvalue weighted by Gasteiger charge is -2.35. The number of hydrogen-bond acceptors (Lipinski definition) is 18. The summed E-state index contributed by atoms with van der Waals surface area (Å²) in [7, 11) is 0. The monoisotopic (exact) mass is 1040 g/mol. The molecule has 2 aromatic heterocycles. The second-order valence-corrected chi connectivity index (χ2v) is 19.4. The average Bonchev–Trinajstić information content (AvgIpc) is 3.72. The molecule has 4 amide bonds. The number of carbonyl (C=O) groups is 10. The molecule has 4 heterocycles. The number of rotatable bonds is 28. The van der Waals surface area contributed by atoms with Crippen molar-refractivity contribution in [1.82, 2.24) is 30.8 Å². The number of nitrogens with zero attached hydrogens (tertiary/aromatic N) is 2. The SMILES string of the molecule is CCCC(C(=O)[O-])C(CCCC(C(=O)[O-])C(CCCC(C(=O)[O-])C(C)C(=O)NCC(=O)NCC(=O)NCC(=O)O[C@]1(CC)C(=O)OCc2c1cc1n(c2=O)Cc2cc3ccccc3nc2-1)C(=O)NC1CCC1)C(=O)[O-]. The highest BCUT2D eigenvalue weighted by Gasteiger charge is 2.50. The number of hydrogen-bond donors (Lipinski definition) is 4. The first-order valence-electron chi connectivity index (χ1n) is 25.2. The maximum Gasteiger partial charge on any atom is 0.355 e. The maximum absolute atomic E-state index is 13.8. The zero-order valence-electron chi connectivity index (χ0n) is 41.9. The third-order valence-corrected chi connectivity index (χ3v) is 14.6. The van der Waals surface area contributed by atoms with Crippen LogP contribution in [-0.4, -0.2) is 94.7 Å². The van der Waals surface area contributed by atoms with E-state index in [0.29, 0.717) is 36.2 Å². The summed E-state index contributed by atoms with van der Waals surface area (Å²) in [5.74, 6) is -20.2. The molecule has 6 rings (SSSR count). The smallest absolute Gasteiger partial charge is 0.355 e. The second kappa shape index (κ2) is 25.0. The van der Waals surface area contributed by atoms with E-state index in [1.165, 1.54) is 11.5 Å². The lowest BCUT2D eigenvalue weighted by molar-refractivity contribution is -0.327. The normalized spacial score (nSPS) is 17.9. The highest BCUT2D eigenvalue weighted by atomic mass is 16.6. The van der Waals surface area contributed by atoms with E-state index < -0.39 is 126 Å². The Bertz CT molecular complexity index is 2790. The van der Waals surface area contributed by atoms with Gasteiger partial charge in [0.1, 0.15) is 13.2 Å². The predicted molar refractivity (Wildman–Crippen MR) is 252 cm³/mol. The molecule has 23 nitrogen and oxygen atoms in total. The molecule has 0 spiro atoms. The van der Waals surface area contributed by atoms with E-state index in [1.54, 1.807) is 19.9 Å². The van der Waals surface area contributed by atoms with Crippen molar-refractivity contribution in [1.29, 1.82) is 0 Å². The molecule has 7 atom stereocenters. The zero-order valence-corrected chi connectivity index (χ0v) is 41.9. The summed E-state index contributed by atoms with van der Waals surface area (Å²) in [6.45, 7) is 2.18. The van der Waals surface area contributed by atoms with Crippen LogP contribution in [0.3, 0.4) is 0 Å². The molecule has 3 aromatic rings. The number of pyridine rings is 2. The fourth-order valence-corrected chi connectivity index (χ4v) is 10.1. The van der Waals surface area contributed by atoms with Gasteiger partial charge in [-0.1, -0.05) is 58.2 Å². The maximum atomic E-state index is 13.8. The van der Waals surface area contributed by atoms with Crippen molar-refractivity contribution in [2.45, 2.75) is 123 Å². The lowest BCUT2D eigenvalue weighted by atomic mass is 9.79. The molecule has 0 radical (unpaired) electrons. The van der Waals surface area contributed by atoms with Gasteiger partial charge in [-0.2, -0.15) is 0 Å². The van der Waals surface area contributed by atoms with Gasteiger partial charge in [-0.05, 0) is 76.0 Å². The molecule has 4 N–H and O–H groups in total. The van der Waals surface area contributed by atoms with Crippen molar-refractivity contribution in [3.63, 3.8) is 0 Å². The van der Waals surface area contributed by atoms with Gasteiger partial charge in [-0.25, -0.2) is 9.78 Å². The Morgan fingerprint density at radius 2 is 1.32 bits per heavy atom. The molecular formula is C52H60N6O17-4. The number of nitrogens with one attached hydrogen (secondary N) is 4. The first kappa shape index (κ1) is 56.6. The van der Waals surface area contributed by atoms with E-state index in [2.05, 4.69) is 21.3 Å². The number of benzene rings is 1. The molecule has 75 heavy (non-hydrogen) atoms. The van der Waals surface area contributed by atoms with E-state index in [9.17, 15) is 73.2 Å². The van der Waals surface area contributed by atoms with Gasteiger partial charge in [0, 0.05) is 81.9 Å². The van der Waals surface area contributed by atoms with Gasteiger partial charge in [0.05, 0.1) is 42.1 Å². The molecule has 404 valence electrons. The Hall–Kier alpha value is -7.72. The number of cyclic esters (lactones) is 1. The number of amides is 4. The number of esters is 2. The Kier molecular flexibility index (Phi) is 18.9. The highest BCUT2D eigenvalue weighted by molar-refractivity contribution is 5.92. The van der Waals surface area contributed by atoms with Gasteiger partial charge in [0.15, 0.2) is 0 Å². The average molecular weight is 1040 g/mol. The molecule has 0 bridgehead atoms. The molecule has 1 saturated carbocycles. The van der Waals surface area contributed by atoms with Crippen LogP contribution in [0.1, 0.15) is 115 Å². The summed E-state index contributed by atoms with van der Waals surface area (Å²) in [4.78, 5) is 146. The summed E-state index contributed by atoms with van der Waals surface area (Å²) in [6, 6.07) is 10.7. The number of carboxylic acid groups (broad SMARTS) is 4. The molecule has 1 aliphatic carbocycles. The van der Waals surface area contributed by atoms with Crippen LogP contribution in [0.4, 0.5) is 0 Å². The summed E-state index contributed by atoms with van der Waals surface area (Å²) in [5, 5.41) is 58.8. The molecule has 6 unspecified atom stereocenters. The number of carbonyl (C=O) groups excluding carboxylic acids is 10. The summed E-state index contributed by atoms with van der Waals surface area (Å²) >= 11 is 0. The highest BCUT2D eigenvalue weighted by Crippen LogP contribution is 2.41. The quantitative estimate of drug-likeness (QED) is 0.0427. The van der Waals surface area contributed by atoms with Crippen molar-refractivity contribution in [2.75, 3.05) is 19.6 Å². The Morgan fingerprint density at radius 1 is 0.747 bits per heavy atom. The molecule has 1 fully saturated rings. The van der Waals surface area contributed by atoms with Gasteiger partial charge >= 0.3 is 11.9 Å². The minimum absolute atomic E-state index is 0.0106. The minimum Gasteiger partial charge on any atom is -0.550 e. The first-order chi connectivity index (χ1) is 35.7. The number of aromatic nitrogens is 2. The number of carboxylic acids is 4. The second-order valence-electron chi connectivity index (χ2n) is 19.4. The number of aliphatic carboxylic acids is 4. The van der Waals surface area contributed by atoms with E-state index in [0.717, 1.165) is 17.4 Å². The van der Waals surface area contributed by atoms with E-state index >= 15 is 0 Å². The van der Waals surface area contributed by atoms with Crippen LogP contribution in [0.25, 0.3) is 22.3 Å². The van der Waals surface area contributed by atoms with Crippen molar-refractivity contribution in [2.24, 2.45) is 35.5 Å². The molecule has 3 aliphatic rings. The van der Waals surface area contributed by atoms with Crippen molar-refractivity contribution in [3.05, 3.63) is 63.4 Å². The number of para-hydroxylation sites is 1. The van der Waals surface area contributed by atoms with Crippen molar-refractivity contribution >= 4 is 70.3 Å². The number of ether oxygens (including phenoxy) is 2. The van der Waals surface area contributed by atoms with Gasteiger partial charge in [0.2, 0.25) is 29.2 Å². The van der Waals surface area contributed by atoms with Crippen molar-refractivity contribution in [3.8, 4) is 11.4 Å². The van der Waals surface area contributed by atoms with E-state index in [4.69, 9.17) is 14.5 Å². The van der Waals surface area contributed by atoms with Crippen LogP contribution < -0.4 is 47.3 Å². The van der Waals surface area contributed by atoms with Crippen LogP contribution in [0.5, 0.6) is 0 Å². The Morgan fingerprint density at radius 3 is 1.92 bits per heavy atom.